The summed E-state index contributed by atoms with van der Waals surface area (Å²) in [5.74, 6) is -2.15. The van der Waals surface area contributed by atoms with Gasteiger partial charge in [0.2, 0.25) is 5.82 Å². The van der Waals surface area contributed by atoms with E-state index >= 15 is 0 Å². The Hall–Kier alpha value is -2.05. The monoisotopic (exact) mass is 284 g/mol. The first-order chi connectivity index (χ1) is 9.22. The highest BCUT2D eigenvalue weighted by Gasteiger charge is 2.48. The summed E-state index contributed by atoms with van der Waals surface area (Å²) in [6.07, 6.45) is -3.25. The molecule has 0 amide bonds. The molecule has 2 aromatic rings. The van der Waals surface area contributed by atoms with E-state index in [2.05, 4.69) is 4.98 Å². The molecule has 4 nitrogen and oxygen atoms in total. The standard InChI is InChI=1S/C13H11F3N2O2/c1-12(4-5-12)18-9-3-2-7(10(19)20)6-8(9)17-11(18)13(14,15)16/h2-3,6H,4-5H2,1H3,(H,19,20). The highest BCUT2D eigenvalue weighted by Crippen LogP contribution is 2.48. The Morgan fingerprint density at radius 2 is 2.05 bits per heavy atom. The molecule has 1 N–H and O–H groups in total. The summed E-state index contributed by atoms with van der Waals surface area (Å²) < 4.78 is 40.5. The predicted molar refractivity (Wildman–Crippen MR) is 64.6 cm³/mol. The van der Waals surface area contributed by atoms with Crippen LogP contribution in [0.5, 0.6) is 0 Å². The van der Waals surface area contributed by atoms with E-state index in [0.717, 1.165) is 0 Å². The summed E-state index contributed by atoms with van der Waals surface area (Å²) in [6, 6.07) is 3.87. The van der Waals surface area contributed by atoms with Crippen molar-refractivity contribution in [2.24, 2.45) is 0 Å². The molecule has 0 spiro atoms. The molecule has 1 aliphatic rings. The minimum absolute atomic E-state index is 0.0605. The van der Waals surface area contributed by atoms with Gasteiger partial charge in [-0.25, -0.2) is 9.78 Å². The van der Waals surface area contributed by atoms with Crippen LogP contribution >= 0.6 is 0 Å². The van der Waals surface area contributed by atoms with E-state index in [1.807, 2.05) is 0 Å². The third-order valence-electron chi connectivity index (χ3n) is 3.67. The van der Waals surface area contributed by atoms with Crippen LogP contribution in [0.25, 0.3) is 11.0 Å². The fourth-order valence-electron chi connectivity index (χ4n) is 2.35. The Labute approximate surface area is 111 Å². The van der Waals surface area contributed by atoms with E-state index in [9.17, 15) is 18.0 Å². The zero-order chi connectivity index (χ0) is 14.7. The lowest BCUT2D eigenvalue weighted by Gasteiger charge is -2.17. The maximum absolute atomic E-state index is 13.1. The largest absolute Gasteiger partial charge is 0.478 e. The Bertz CT molecular complexity index is 714. The van der Waals surface area contributed by atoms with Gasteiger partial charge in [-0.05, 0) is 38.0 Å². The van der Waals surface area contributed by atoms with Gasteiger partial charge >= 0.3 is 12.1 Å². The van der Waals surface area contributed by atoms with E-state index in [0.29, 0.717) is 18.4 Å². The van der Waals surface area contributed by atoms with Crippen molar-refractivity contribution >= 4 is 17.0 Å². The van der Waals surface area contributed by atoms with E-state index in [-0.39, 0.29) is 11.1 Å². The zero-order valence-corrected chi connectivity index (χ0v) is 10.5. The Balaban J connectivity index is 2.30. The number of aromatic nitrogens is 2. The second-order valence-electron chi connectivity index (χ2n) is 5.27. The van der Waals surface area contributed by atoms with Gasteiger partial charge < -0.3 is 9.67 Å². The van der Waals surface area contributed by atoms with Crippen molar-refractivity contribution in [2.45, 2.75) is 31.5 Å². The molecular formula is C13H11F3N2O2. The summed E-state index contributed by atoms with van der Waals surface area (Å²) in [4.78, 5) is 14.5. The highest BCUT2D eigenvalue weighted by molar-refractivity contribution is 5.92. The summed E-state index contributed by atoms with van der Waals surface area (Å²) in [5.41, 5.74) is -0.269. The van der Waals surface area contributed by atoms with Crippen LogP contribution in [0.15, 0.2) is 18.2 Å². The van der Waals surface area contributed by atoms with Gasteiger partial charge in [-0.15, -0.1) is 0 Å². The van der Waals surface area contributed by atoms with Crippen molar-refractivity contribution in [1.29, 1.82) is 0 Å². The van der Waals surface area contributed by atoms with Crippen LogP contribution in [-0.2, 0) is 11.7 Å². The van der Waals surface area contributed by atoms with Crippen LogP contribution in [0.1, 0.15) is 35.9 Å². The van der Waals surface area contributed by atoms with Crippen molar-refractivity contribution in [3.8, 4) is 0 Å². The van der Waals surface area contributed by atoms with Gasteiger partial charge in [-0.3, -0.25) is 0 Å². The first kappa shape index (κ1) is 13.0. The smallest absolute Gasteiger partial charge is 0.449 e. The van der Waals surface area contributed by atoms with Gasteiger partial charge in [-0.1, -0.05) is 0 Å². The fourth-order valence-corrected chi connectivity index (χ4v) is 2.35. The summed E-state index contributed by atoms with van der Waals surface area (Å²) >= 11 is 0. The first-order valence-corrected chi connectivity index (χ1v) is 6.06. The minimum Gasteiger partial charge on any atom is -0.478 e. The quantitative estimate of drug-likeness (QED) is 0.920. The molecule has 0 unspecified atom stereocenters. The molecule has 1 aliphatic carbocycles. The normalized spacial score (nSPS) is 17.4. The third-order valence-corrected chi connectivity index (χ3v) is 3.67. The lowest BCUT2D eigenvalue weighted by atomic mass is 10.2. The van der Waals surface area contributed by atoms with Gasteiger partial charge in [0.25, 0.3) is 0 Å². The minimum atomic E-state index is -4.56. The van der Waals surface area contributed by atoms with Gasteiger partial charge in [0, 0.05) is 5.54 Å². The SMILES string of the molecule is CC1(n2c(C(F)(F)F)nc3cc(C(=O)O)ccc32)CC1. The summed E-state index contributed by atoms with van der Waals surface area (Å²) in [7, 11) is 0. The lowest BCUT2D eigenvalue weighted by Crippen LogP contribution is -2.22. The number of carbonyl (C=O) groups is 1. The predicted octanol–water partition coefficient (Wildman–Crippen LogP) is 3.26. The second-order valence-corrected chi connectivity index (χ2v) is 5.27. The number of hydrogen-bond donors (Lipinski definition) is 1. The van der Waals surface area contributed by atoms with Crippen molar-refractivity contribution < 1.29 is 23.1 Å². The molecule has 1 aromatic heterocycles. The summed E-state index contributed by atoms with van der Waals surface area (Å²) in [6.45, 7) is 1.74. The zero-order valence-electron chi connectivity index (χ0n) is 10.5. The maximum Gasteiger partial charge on any atom is 0.449 e. The number of aromatic carboxylic acids is 1. The number of carboxylic acids is 1. The van der Waals surface area contributed by atoms with E-state index in [1.54, 1.807) is 6.92 Å². The topological polar surface area (TPSA) is 55.1 Å². The first-order valence-electron chi connectivity index (χ1n) is 6.06. The number of hydrogen-bond acceptors (Lipinski definition) is 2. The number of halogens is 3. The molecule has 0 radical (unpaired) electrons. The van der Waals surface area contributed by atoms with Crippen molar-refractivity contribution in [2.75, 3.05) is 0 Å². The Morgan fingerprint density at radius 3 is 2.55 bits per heavy atom. The van der Waals surface area contributed by atoms with Gasteiger partial charge in [-0.2, -0.15) is 13.2 Å². The molecule has 0 atom stereocenters. The van der Waals surface area contributed by atoms with Crippen molar-refractivity contribution in [1.82, 2.24) is 9.55 Å². The molecule has 1 saturated carbocycles. The average molecular weight is 284 g/mol. The third kappa shape index (κ3) is 1.85. The van der Waals surface area contributed by atoms with Crippen LogP contribution in [0.3, 0.4) is 0 Å². The highest BCUT2D eigenvalue weighted by atomic mass is 19.4. The number of fused-ring (bicyclic) bond motifs is 1. The van der Waals surface area contributed by atoms with E-state index in [4.69, 9.17) is 5.11 Å². The number of rotatable bonds is 2. The number of benzene rings is 1. The number of carboxylic acid groups (broad SMARTS) is 1. The molecule has 0 saturated heterocycles. The van der Waals surface area contributed by atoms with Crippen LogP contribution in [0.2, 0.25) is 0 Å². The number of nitrogens with zero attached hydrogens (tertiary/aromatic N) is 2. The molecular weight excluding hydrogens is 273 g/mol. The number of alkyl halides is 3. The Kier molecular flexibility index (Phi) is 2.42. The molecule has 1 aromatic carbocycles. The Morgan fingerprint density at radius 1 is 1.40 bits per heavy atom. The van der Waals surface area contributed by atoms with Gasteiger partial charge in [0.05, 0.1) is 16.6 Å². The molecule has 0 aliphatic heterocycles. The molecule has 1 heterocycles. The molecule has 0 bridgehead atoms. The van der Waals surface area contributed by atoms with Crippen LogP contribution in [0, 0.1) is 0 Å². The molecule has 20 heavy (non-hydrogen) atoms. The maximum atomic E-state index is 13.1. The molecule has 7 heteroatoms. The van der Waals surface area contributed by atoms with E-state index < -0.39 is 23.5 Å². The van der Waals surface area contributed by atoms with Crippen LogP contribution < -0.4 is 0 Å². The molecule has 106 valence electrons. The van der Waals surface area contributed by atoms with Gasteiger partial charge in [0.15, 0.2) is 0 Å². The average Bonchev–Trinajstić information content (AvgIpc) is 2.95. The fraction of sp³-hybridized carbons (Fsp3) is 0.385. The molecule has 3 rings (SSSR count). The van der Waals surface area contributed by atoms with Crippen molar-refractivity contribution in [3.63, 3.8) is 0 Å². The number of imidazole rings is 1. The molecule has 1 fully saturated rings. The van der Waals surface area contributed by atoms with Crippen LogP contribution in [-0.4, -0.2) is 20.6 Å². The van der Waals surface area contributed by atoms with E-state index in [1.165, 1.54) is 22.8 Å². The van der Waals surface area contributed by atoms with Crippen molar-refractivity contribution in [3.05, 3.63) is 29.6 Å². The van der Waals surface area contributed by atoms with Gasteiger partial charge in [0.1, 0.15) is 0 Å². The summed E-state index contributed by atoms with van der Waals surface area (Å²) in [5, 5.41) is 8.90. The second kappa shape index (κ2) is 3.74. The lowest BCUT2D eigenvalue weighted by molar-refractivity contribution is -0.147. The van der Waals surface area contributed by atoms with Crippen LogP contribution in [0.4, 0.5) is 13.2 Å².